The molecule has 2 aromatic heterocycles. The molecule has 0 unspecified atom stereocenters. The van der Waals surface area contributed by atoms with Crippen molar-refractivity contribution in [1.29, 1.82) is 0 Å². The second kappa shape index (κ2) is 12.3. The van der Waals surface area contributed by atoms with Crippen LogP contribution in [-0.2, 0) is 23.0 Å². The fraction of sp³-hybridized carbons (Fsp3) is 0.394. The molecule has 47 heavy (non-hydrogen) atoms. The van der Waals surface area contributed by atoms with E-state index >= 15 is 0 Å². The first kappa shape index (κ1) is 32.6. The molecule has 2 heterocycles. The van der Waals surface area contributed by atoms with E-state index in [9.17, 15) is 27.9 Å². The van der Waals surface area contributed by atoms with Crippen molar-refractivity contribution in [3.63, 3.8) is 0 Å². The molecule has 2 aliphatic carbocycles. The summed E-state index contributed by atoms with van der Waals surface area (Å²) >= 11 is 6.42. The number of halogens is 4. The lowest BCUT2D eigenvalue weighted by Crippen LogP contribution is -2.43. The smallest absolute Gasteiger partial charge is 0.416 e. The maximum Gasteiger partial charge on any atom is 0.416 e. The molecule has 2 fully saturated rings. The number of carbonyl (C=O) groups is 2. The molecule has 4 aromatic rings. The summed E-state index contributed by atoms with van der Waals surface area (Å²) < 4.78 is 54.4. The van der Waals surface area contributed by atoms with Gasteiger partial charge in [0.05, 0.1) is 49.0 Å². The number of alkyl halides is 3. The molecule has 0 aliphatic heterocycles. The van der Waals surface area contributed by atoms with Gasteiger partial charge < -0.3 is 25.6 Å². The van der Waals surface area contributed by atoms with Gasteiger partial charge >= 0.3 is 6.18 Å². The number of rotatable bonds is 12. The van der Waals surface area contributed by atoms with Crippen molar-refractivity contribution in [3.05, 3.63) is 70.0 Å². The van der Waals surface area contributed by atoms with E-state index in [0.29, 0.717) is 30.1 Å². The lowest BCUT2D eigenvalue weighted by atomic mass is 9.90. The summed E-state index contributed by atoms with van der Waals surface area (Å²) in [5.41, 5.74) is 3.77. The van der Waals surface area contributed by atoms with Crippen LogP contribution in [0.15, 0.2) is 42.6 Å². The van der Waals surface area contributed by atoms with Crippen molar-refractivity contribution >= 4 is 34.3 Å². The molecular formula is C33H33ClF3N5O5. The highest BCUT2D eigenvalue weighted by Crippen LogP contribution is 2.48. The van der Waals surface area contributed by atoms with Gasteiger partial charge in [0.2, 0.25) is 5.91 Å². The van der Waals surface area contributed by atoms with E-state index in [4.69, 9.17) is 26.8 Å². The number of primary amides is 1. The Hall–Kier alpha value is -4.36. The number of methoxy groups -OCH3 is 1. The summed E-state index contributed by atoms with van der Waals surface area (Å²) in [6, 6.07) is 7.85. The van der Waals surface area contributed by atoms with Crippen LogP contribution in [0, 0.1) is 5.92 Å². The van der Waals surface area contributed by atoms with E-state index in [1.54, 1.807) is 19.1 Å². The molecule has 2 aromatic carbocycles. The Bertz CT molecular complexity index is 1870. The van der Waals surface area contributed by atoms with Crippen molar-refractivity contribution in [2.75, 3.05) is 20.3 Å². The van der Waals surface area contributed by atoms with Crippen molar-refractivity contribution in [1.82, 2.24) is 20.1 Å². The maximum atomic E-state index is 13.7. The lowest BCUT2D eigenvalue weighted by molar-refractivity contribution is -0.137. The topological polar surface area (TPSA) is 142 Å². The molecule has 4 N–H and O–H groups in total. The molecular weight excluding hydrogens is 639 g/mol. The Morgan fingerprint density at radius 2 is 1.89 bits per heavy atom. The fourth-order valence-electron chi connectivity index (χ4n) is 5.75. The monoisotopic (exact) mass is 671 g/mol. The van der Waals surface area contributed by atoms with Gasteiger partial charge in [-0.3, -0.25) is 14.3 Å². The second-order valence-corrected chi connectivity index (χ2v) is 12.4. The Labute approximate surface area is 273 Å². The Morgan fingerprint density at radius 1 is 1.15 bits per heavy atom. The third-order valence-corrected chi connectivity index (χ3v) is 8.79. The molecule has 1 atom stereocenters. The summed E-state index contributed by atoms with van der Waals surface area (Å²) in [6.45, 7) is 1.47. The largest absolute Gasteiger partial charge is 0.494 e. The summed E-state index contributed by atoms with van der Waals surface area (Å²) in [4.78, 5) is 30.3. The van der Waals surface area contributed by atoms with Crippen LogP contribution in [0.25, 0.3) is 22.2 Å². The van der Waals surface area contributed by atoms with Crippen LogP contribution < -0.4 is 20.5 Å². The zero-order valence-electron chi connectivity index (χ0n) is 25.7. The molecule has 0 bridgehead atoms. The van der Waals surface area contributed by atoms with E-state index in [2.05, 4.69) is 15.4 Å². The van der Waals surface area contributed by atoms with Crippen LogP contribution in [0.4, 0.5) is 13.2 Å². The number of benzene rings is 2. The molecule has 2 amide bonds. The molecule has 0 spiro atoms. The van der Waals surface area contributed by atoms with Gasteiger partial charge in [0, 0.05) is 28.3 Å². The Balaban J connectivity index is 1.40. The summed E-state index contributed by atoms with van der Waals surface area (Å²) in [5.74, 6) is -1.12. The van der Waals surface area contributed by atoms with Crippen molar-refractivity contribution in [2.24, 2.45) is 11.7 Å². The van der Waals surface area contributed by atoms with E-state index in [0.717, 1.165) is 36.4 Å². The van der Waals surface area contributed by atoms with Gasteiger partial charge in [-0.05, 0) is 74.9 Å². The van der Waals surface area contributed by atoms with Crippen LogP contribution in [-0.4, -0.2) is 51.9 Å². The number of nitrogens with one attached hydrogen (secondary N) is 1. The first-order valence-corrected chi connectivity index (χ1v) is 15.6. The predicted octanol–water partition coefficient (Wildman–Crippen LogP) is 5.57. The van der Waals surface area contributed by atoms with E-state index in [-0.39, 0.29) is 64.3 Å². The molecule has 2 saturated carbocycles. The number of hydrogen-bond acceptors (Lipinski definition) is 7. The standard InChI is InChI=1S/C33H33ClF3N5O5/c1-3-47-30-17(13-27(38)43)12-26(40-29(30)23-14-21(33(35,36)37)6-9-24(23)34)32(45,20-4-5-20)16-39-31(44)18-10-19-15-42(22-7-8-22)41-28(19)25(11-18)46-2/h6,9-12,14-15,20,22,45H,3-5,7-8,13,16H2,1-2H3,(H2,38,43)(H,39,44)/t32-/m1/s1. The number of pyridine rings is 1. The van der Waals surface area contributed by atoms with Crippen molar-refractivity contribution in [2.45, 2.75) is 56.8 Å². The molecule has 2 aliphatic rings. The first-order chi connectivity index (χ1) is 22.3. The van der Waals surface area contributed by atoms with Crippen LogP contribution in [0.5, 0.6) is 11.5 Å². The van der Waals surface area contributed by atoms with Crippen LogP contribution in [0.2, 0.25) is 5.02 Å². The quantitative estimate of drug-likeness (QED) is 0.179. The van der Waals surface area contributed by atoms with Gasteiger partial charge in [-0.1, -0.05) is 11.6 Å². The zero-order valence-corrected chi connectivity index (χ0v) is 26.4. The van der Waals surface area contributed by atoms with Gasteiger partial charge in [0.15, 0.2) is 0 Å². The highest BCUT2D eigenvalue weighted by atomic mass is 35.5. The van der Waals surface area contributed by atoms with Gasteiger partial charge in [-0.15, -0.1) is 0 Å². The average molecular weight is 672 g/mol. The van der Waals surface area contributed by atoms with Gasteiger partial charge in [0.25, 0.3) is 5.91 Å². The Kier molecular flexibility index (Phi) is 8.56. The SMILES string of the molecule is CCOc1c(CC(N)=O)cc([C@@](O)(CNC(=O)c2cc(OC)c3nn(C4CC4)cc3c2)C2CC2)nc1-c1cc(C(F)(F)F)ccc1Cl. The molecule has 10 nitrogen and oxygen atoms in total. The fourth-order valence-corrected chi connectivity index (χ4v) is 5.96. The number of aromatic nitrogens is 3. The molecule has 0 radical (unpaired) electrons. The van der Waals surface area contributed by atoms with E-state index in [1.165, 1.54) is 13.2 Å². The first-order valence-electron chi connectivity index (χ1n) is 15.2. The summed E-state index contributed by atoms with van der Waals surface area (Å²) in [6.07, 6.45) is 0.114. The third kappa shape index (κ3) is 6.59. The minimum Gasteiger partial charge on any atom is -0.494 e. The summed E-state index contributed by atoms with van der Waals surface area (Å²) in [7, 11) is 1.49. The Morgan fingerprint density at radius 3 is 2.51 bits per heavy atom. The van der Waals surface area contributed by atoms with E-state index in [1.807, 2.05) is 10.9 Å². The normalized spacial score (nSPS) is 16.1. The van der Waals surface area contributed by atoms with Gasteiger partial charge in [-0.2, -0.15) is 18.3 Å². The van der Waals surface area contributed by atoms with Crippen LogP contribution >= 0.6 is 11.6 Å². The van der Waals surface area contributed by atoms with E-state index < -0.39 is 29.2 Å². The molecule has 248 valence electrons. The second-order valence-electron chi connectivity index (χ2n) is 12.0. The van der Waals surface area contributed by atoms with Crippen LogP contribution in [0.3, 0.4) is 0 Å². The molecule has 6 rings (SSSR count). The number of carbonyl (C=O) groups excluding carboxylic acids is 2. The van der Waals surface area contributed by atoms with Crippen LogP contribution in [0.1, 0.15) is 65.8 Å². The summed E-state index contributed by atoms with van der Waals surface area (Å²) in [5, 5.41) is 20.3. The number of amides is 2. The molecule has 14 heteroatoms. The number of nitrogens with zero attached hydrogens (tertiary/aromatic N) is 3. The predicted molar refractivity (Wildman–Crippen MR) is 167 cm³/mol. The number of ether oxygens (including phenoxy) is 2. The minimum atomic E-state index is -4.68. The van der Waals surface area contributed by atoms with Crippen molar-refractivity contribution < 1.29 is 37.3 Å². The minimum absolute atomic E-state index is 0.0191. The lowest BCUT2D eigenvalue weighted by Gasteiger charge is -2.30. The average Bonchev–Trinajstić information content (AvgIpc) is 3.96. The van der Waals surface area contributed by atoms with Gasteiger partial charge in [-0.25, -0.2) is 4.98 Å². The number of nitrogens with two attached hydrogens (primary N) is 1. The number of aliphatic hydroxyl groups is 1. The third-order valence-electron chi connectivity index (χ3n) is 8.46. The highest BCUT2D eigenvalue weighted by molar-refractivity contribution is 6.33. The maximum absolute atomic E-state index is 13.7. The highest BCUT2D eigenvalue weighted by Gasteiger charge is 2.47. The number of fused-ring (bicyclic) bond motifs is 1. The van der Waals surface area contributed by atoms with Crippen molar-refractivity contribution in [3.8, 4) is 22.8 Å². The molecule has 0 saturated heterocycles. The number of hydrogen-bond donors (Lipinski definition) is 3. The van der Waals surface area contributed by atoms with Gasteiger partial charge in [0.1, 0.15) is 28.3 Å². The zero-order chi connectivity index (χ0) is 33.7.